The summed E-state index contributed by atoms with van der Waals surface area (Å²) < 4.78 is 6.42. The number of nitrogens with zero attached hydrogens (tertiary/aromatic N) is 1. The molecule has 1 fully saturated rings. The average molecular weight is 460 g/mol. The predicted molar refractivity (Wildman–Crippen MR) is 124 cm³/mol. The van der Waals surface area contributed by atoms with Gasteiger partial charge in [0.05, 0.1) is 16.0 Å². The van der Waals surface area contributed by atoms with Crippen molar-refractivity contribution in [3.63, 3.8) is 0 Å². The number of benzene rings is 2. The number of carbonyl (C=O) groups is 1. The molecule has 1 saturated heterocycles. The first-order valence-corrected chi connectivity index (χ1v) is 10.8. The summed E-state index contributed by atoms with van der Waals surface area (Å²) in [6.07, 6.45) is 1.71. The van der Waals surface area contributed by atoms with Crippen LogP contribution in [0, 0.1) is 0 Å². The third-order valence-electron chi connectivity index (χ3n) is 4.59. The molecule has 0 aliphatic carbocycles. The lowest BCUT2D eigenvalue weighted by Gasteiger charge is -2.23. The number of amides is 1. The van der Waals surface area contributed by atoms with Crippen molar-refractivity contribution in [3.8, 4) is 11.3 Å². The molecule has 0 radical (unpaired) electrons. The summed E-state index contributed by atoms with van der Waals surface area (Å²) in [7, 11) is 0. The first kappa shape index (κ1) is 20.2. The number of furan rings is 1. The summed E-state index contributed by atoms with van der Waals surface area (Å²) >= 11 is 19.0. The Labute approximate surface area is 188 Å². The van der Waals surface area contributed by atoms with Gasteiger partial charge in [-0.25, -0.2) is 0 Å². The fourth-order valence-corrected chi connectivity index (χ4v) is 4.99. The quantitative estimate of drug-likeness (QED) is 0.304. The fraction of sp³-hybridized carbons (Fsp3) is 0.0909. The molecule has 1 aliphatic heterocycles. The van der Waals surface area contributed by atoms with E-state index in [0.29, 0.717) is 30.8 Å². The molecule has 1 unspecified atom stereocenters. The molecular weight excluding hydrogens is 445 g/mol. The van der Waals surface area contributed by atoms with Crippen LogP contribution in [0.15, 0.2) is 70.0 Å². The number of halogens is 2. The Balaban J connectivity index is 1.59. The molecule has 0 saturated carbocycles. The summed E-state index contributed by atoms with van der Waals surface area (Å²) in [6, 6.07) is 18.5. The highest BCUT2D eigenvalue weighted by Crippen LogP contribution is 2.39. The van der Waals surface area contributed by atoms with Gasteiger partial charge in [0.25, 0.3) is 5.91 Å². The highest BCUT2D eigenvalue weighted by molar-refractivity contribution is 8.26. The highest BCUT2D eigenvalue weighted by atomic mass is 35.5. The van der Waals surface area contributed by atoms with E-state index >= 15 is 0 Å². The first-order chi connectivity index (χ1) is 13.9. The molecule has 0 N–H and O–H groups in total. The van der Waals surface area contributed by atoms with Crippen molar-refractivity contribution in [1.82, 2.24) is 4.90 Å². The maximum absolute atomic E-state index is 13.0. The molecule has 3 nitrogen and oxygen atoms in total. The van der Waals surface area contributed by atoms with Crippen molar-refractivity contribution in [2.75, 3.05) is 0 Å². The van der Waals surface area contributed by atoms with Crippen LogP contribution in [-0.2, 0) is 4.79 Å². The molecule has 146 valence electrons. The van der Waals surface area contributed by atoms with Crippen LogP contribution in [0.4, 0.5) is 0 Å². The third kappa shape index (κ3) is 4.14. The molecule has 0 bridgehead atoms. The van der Waals surface area contributed by atoms with Crippen molar-refractivity contribution < 1.29 is 9.21 Å². The molecular formula is C22H15Cl2NO2S2. The normalized spacial score (nSPS) is 16.7. The Bertz CT molecular complexity index is 1120. The van der Waals surface area contributed by atoms with Crippen LogP contribution >= 0.6 is 47.2 Å². The lowest BCUT2D eigenvalue weighted by atomic mass is 10.1. The molecule has 1 amide bonds. The van der Waals surface area contributed by atoms with Crippen molar-refractivity contribution in [2.24, 2.45) is 0 Å². The second kappa shape index (κ2) is 8.36. The molecule has 4 rings (SSSR count). The minimum Gasteiger partial charge on any atom is -0.457 e. The van der Waals surface area contributed by atoms with Gasteiger partial charge in [-0.15, -0.1) is 0 Å². The van der Waals surface area contributed by atoms with E-state index in [-0.39, 0.29) is 11.9 Å². The zero-order valence-corrected chi connectivity index (χ0v) is 18.4. The number of thiocarbonyl (C=S) groups is 1. The van der Waals surface area contributed by atoms with Crippen LogP contribution in [0.5, 0.6) is 0 Å². The smallest absolute Gasteiger partial charge is 0.266 e. The monoisotopic (exact) mass is 459 g/mol. The molecule has 2 heterocycles. The topological polar surface area (TPSA) is 33.5 Å². The fourth-order valence-electron chi connectivity index (χ4n) is 3.09. The van der Waals surface area contributed by atoms with E-state index < -0.39 is 0 Å². The Kier molecular flexibility index (Phi) is 5.83. The standard InChI is InChI=1S/C22H15Cl2NO2S2/c1-13(14-5-3-2-4-6-14)25-21(26)20(29-22(25)28)12-16-8-10-19(27-16)17-9-7-15(23)11-18(17)24/h2-13H,1H3/b20-12+. The Morgan fingerprint density at radius 3 is 2.59 bits per heavy atom. The van der Waals surface area contributed by atoms with Gasteiger partial charge in [-0.05, 0) is 42.8 Å². The van der Waals surface area contributed by atoms with Gasteiger partial charge in [0.2, 0.25) is 0 Å². The van der Waals surface area contributed by atoms with E-state index in [0.717, 1.165) is 11.1 Å². The minimum absolute atomic E-state index is 0.126. The van der Waals surface area contributed by atoms with Crippen LogP contribution in [0.1, 0.15) is 24.3 Å². The number of thioether (sulfide) groups is 1. The van der Waals surface area contributed by atoms with Gasteiger partial charge in [-0.2, -0.15) is 0 Å². The van der Waals surface area contributed by atoms with Crippen LogP contribution in [0.25, 0.3) is 17.4 Å². The molecule has 1 aliphatic rings. The van der Waals surface area contributed by atoms with Gasteiger partial charge >= 0.3 is 0 Å². The largest absolute Gasteiger partial charge is 0.457 e. The van der Waals surface area contributed by atoms with E-state index in [2.05, 4.69) is 0 Å². The van der Waals surface area contributed by atoms with Gasteiger partial charge in [0.15, 0.2) is 0 Å². The number of hydrogen-bond acceptors (Lipinski definition) is 4. The van der Waals surface area contributed by atoms with Gasteiger partial charge in [-0.1, -0.05) is 77.5 Å². The lowest BCUT2D eigenvalue weighted by molar-refractivity contribution is -0.123. The summed E-state index contributed by atoms with van der Waals surface area (Å²) in [5.41, 5.74) is 1.77. The number of hydrogen-bond donors (Lipinski definition) is 0. The summed E-state index contributed by atoms with van der Waals surface area (Å²) in [4.78, 5) is 15.1. The maximum atomic E-state index is 13.0. The number of rotatable bonds is 4. The van der Waals surface area contributed by atoms with E-state index in [9.17, 15) is 4.79 Å². The first-order valence-electron chi connectivity index (χ1n) is 8.81. The van der Waals surface area contributed by atoms with E-state index in [1.807, 2.05) is 43.3 Å². The van der Waals surface area contributed by atoms with Crippen LogP contribution < -0.4 is 0 Å². The maximum Gasteiger partial charge on any atom is 0.266 e. The van der Waals surface area contributed by atoms with E-state index in [1.54, 1.807) is 35.2 Å². The summed E-state index contributed by atoms with van der Waals surface area (Å²) in [6.45, 7) is 1.97. The van der Waals surface area contributed by atoms with E-state index in [4.69, 9.17) is 39.8 Å². The van der Waals surface area contributed by atoms with Crippen molar-refractivity contribution in [3.05, 3.63) is 86.9 Å². The Morgan fingerprint density at radius 2 is 1.86 bits per heavy atom. The van der Waals surface area contributed by atoms with Crippen LogP contribution in [0.3, 0.4) is 0 Å². The molecule has 7 heteroatoms. The van der Waals surface area contributed by atoms with Gasteiger partial charge in [0.1, 0.15) is 15.8 Å². The predicted octanol–water partition coefficient (Wildman–Crippen LogP) is 7.22. The SMILES string of the molecule is CC(c1ccccc1)N1C(=O)/C(=C\c2ccc(-c3ccc(Cl)cc3Cl)o2)SC1=S. The molecule has 1 aromatic heterocycles. The highest BCUT2D eigenvalue weighted by Gasteiger charge is 2.36. The summed E-state index contributed by atoms with van der Waals surface area (Å²) in [5, 5.41) is 1.06. The molecule has 2 aromatic carbocycles. The molecule has 29 heavy (non-hydrogen) atoms. The number of carbonyl (C=O) groups excluding carboxylic acids is 1. The third-order valence-corrected chi connectivity index (χ3v) is 6.47. The minimum atomic E-state index is -0.144. The molecule has 3 aromatic rings. The lowest BCUT2D eigenvalue weighted by Crippen LogP contribution is -2.30. The van der Waals surface area contributed by atoms with Gasteiger partial charge in [0, 0.05) is 16.7 Å². The zero-order chi connectivity index (χ0) is 20.5. The van der Waals surface area contributed by atoms with Crippen LogP contribution in [0.2, 0.25) is 10.0 Å². The average Bonchev–Trinajstić information content (AvgIpc) is 3.26. The van der Waals surface area contributed by atoms with Gasteiger partial charge in [-0.3, -0.25) is 9.69 Å². The van der Waals surface area contributed by atoms with E-state index in [1.165, 1.54) is 11.8 Å². The van der Waals surface area contributed by atoms with Crippen LogP contribution in [-0.4, -0.2) is 15.1 Å². The second-order valence-corrected chi connectivity index (χ2v) is 8.98. The summed E-state index contributed by atoms with van der Waals surface area (Å²) in [5.74, 6) is 1.03. The molecule has 0 spiro atoms. The second-order valence-electron chi connectivity index (χ2n) is 6.46. The molecule has 1 atom stereocenters. The van der Waals surface area contributed by atoms with Crippen molar-refractivity contribution in [1.29, 1.82) is 0 Å². The zero-order valence-electron chi connectivity index (χ0n) is 15.3. The Hall–Kier alpha value is -2.05. The Morgan fingerprint density at radius 1 is 1.10 bits per heavy atom. The van der Waals surface area contributed by atoms with Crippen molar-refractivity contribution in [2.45, 2.75) is 13.0 Å². The van der Waals surface area contributed by atoms with Crippen molar-refractivity contribution >= 4 is 63.5 Å². The van der Waals surface area contributed by atoms with Gasteiger partial charge < -0.3 is 4.42 Å².